The molecule has 0 aromatic heterocycles. The molecule has 12 nitrogen and oxygen atoms in total. The first-order valence-corrected chi connectivity index (χ1v) is 22.6. The second-order valence-electron chi connectivity index (χ2n) is 13.9. The third-order valence-electron chi connectivity index (χ3n) is 9.72. The van der Waals surface area contributed by atoms with Crippen LogP contribution in [0.3, 0.4) is 0 Å². The number of sulfonamides is 2. The average Bonchev–Trinajstić information content (AvgIpc) is 3.27. The number of hydrogen-bond donors (Lipinski definition) is 0. The van der Waals surface area contributed by atoms with Gasteiger partial charge < -0.3 is 28.4 Å². The molecule has 0 amide bonds. The highest BCUT2D eigenvalue weighted by molar-refractivity contribution is 7.90. The molecule has 328 valence electrons. The largest absolute Gasteiger partial charge is 0.497 e. The number of hydrogen-bond acceptors (Lipinski definition) is 10. The molecule has 4 aromatic rings. The fourth-order valence-electron chi connectivity index (χ4n) is 6.25. The van der Waals surface area contributed by atoms with E-state index in [2.05, 4.69) is 13.2 Å². The molecule has 0 bridgehead atoms. The Labute approximate surface area is 358 Å². The molecule has 4 rings (SSSR count). The van der Waals surface area contributed by atoms with Gasteiger partial charge in [0.1, 0.15) is 23.0 Å². The van der Waals surface area contributed by atoms with Crippen molar-refractivity contribution in [1.29, 1.82) is 0 Å². The van der Waals surface area contributed by atoms with Crippen LogP contribution in [0.1, 0.15) is 47.9 Å². The number of nitrogens with zero attached hydrogens (tertiary/aromatic N) is 2. The molecule has 0 aliphatic heterocycles. The summed E-state index contributed by atoms with van der Waals surface area (Å²) in [5.41, 5.74) is 3.53. The number of rotatable bonds is 26. The van der Waals surface area contributed by atoms with Crippen LogP contribution in [0.5, 0.6) is 23.0 Å². The molecular formula is C46H62N2O10S2. The summed E-state index contributed by atoms with van der Waals surface area (Å²) < 4.78 is 88.5. The number of ether oxygens (including phenoxy) is 6. The van der Waals surface area contributed by atoms with Gasteiger partial charge in [0, 0.05) is 40.4 Å². The first-order valence-electron chi connectivity index (χ1n) is 19.6. The predicted octanol–water partition coefficient (Wildman–Crippen LogP) is 8.03. The Hall–Kier alpha value is -4.70. The lowest BCUT2D eigenvalue weighted by Crippen LogP contribution is -2.40. The highest BCUT2D eigenvalue weighted by Gasteiger charge is 2.33. The lowest BCUT2D eigenvalue weighted by molar-refractivity contribution is 0.191. The van der Waals surface area contributed by atoms with Crippen LogP contribution < -0.4 is 18.9 Å². The van der Waals surface area contributed by atoms with Crippen molar-refractivity contribution in [2.75, 3.05) is 55.9 Å². The molecule has 0 saturated carbocycles. The first kappa shape index (κ1) is 49.7. The van der Waals surface area contributed by atoms with E-state index in [1.807, 2.05) is 97.1 Å². The molecular weight excluding hydrogens is 805 g/mol. The molecule has 0 fully saturated rings. The topological polar surface area (TPSA) is 130 Å². The fourth-order valence-corrected chi connectivity index (χ4v) is 9.89. The molecule has 14 heteroatoms. The van der Waals surface area contributed by atoms with Crippen molar-refractivity contribution in [3.8, 4) is 23.0 Å². The van der Waals surface area contributed by atoms with Gasteiger partial charge in [-0.25, -0.2) is 16.8 Å². The number of allylic oxidation sites excluding steroid dienone is 2. The lowest BCUT2D eigenvalue weighted by Gasteiger charge is -2.27. The summed E-state index contributed by atoms with van der Waals surface area (Å²) in [7, 11) is 2.19. The van der Waals surface area contributed by atoms with Crippen LogP contribution in [0.4, 0.5) is 0 Å². The maximum Gasteiger partial charge on any atom is 0.219 e. The second kappa shape index (κ2) is 25.8. The monoisotopic (exact) mass is 866 g/mol. The van der Waals surface area contributed by atoms with Crippen LogP contribution in [0, 0.1) is 0 Å². The minimum Gasteiger partial charge on any atom is -0.497 e. The first-order chi connectivity index (χ1) is 28.9. The Morgan fingerprint density at radius 1 is 0.450 bits per heavy atom. The van der Waals surface area contributed by atoms with Crippen LogP contribution in [-0.2, 0) is 55.7 Å². The van der Waals surface area contributed by atoms with Crippen LogP contribution in [0.25, 0.3) is 0 Å². The number of methoxy groups -OCH3 is 6. The second-order valence-corrected chi connectivity index (χ2v) is 18.3. The van der Waals surface area contributed by atoms with Gasteiger partial charge in [-0.2, -0.15) is 8.61 Å². The zero-order valence-corrected chi connectivity index (χ0v) is 37.5. The average molecular weight is 867 g/mol. The normalized spacial score (nSPS) is 12.5. The molecule has 0 N–H and O–H groups in total. The highest BCUT2D eigenvalue weighted by Crippen LogP contribution is 2.25. The molecule has 0 aliphatic carbocycles. The molecule has 0 aliphatic rings. The van der Waals surface area contributed by atoms with Gasteiger partial charge in [-0.15, -0.1) is 13.2 Å². The fraction of sp³-hybridized carbons (Fsp3) is 0.391. The zero-order valence-electron chi connectivity index (χ0n) is 35.8. The van der Waals surface area contributed by atoms with Crippen LogP contribution in [0.15, 0.2) is 122 Å². The molecule has 0 unspecified atom stereocenters. The van der Waals surface area contributed by atoms with Gasteiger partial charge >= 0.3 is 0 Å². The van der Waals surface area contributed by atoms with E-state index in [1.54, 1.807) is 40.6 Å². The zero-order chi connectivity index (χ0) is 44.0. The standard InChI is InChI=1S/2C23H31NO5S/c2*1-5-6-7-23(18-27-2)30(25,26)24(16-19-8-12-21(28-3)13-9-19)17-20-10-14-22(29-4)15-11-20/h2*5,8-15,23H,1,6-7,16-18H2,2-4H3/t2*23-/m10/s1. The van der Waals surface area contributed by atoms with E-state index in [0.29, 0.717) is 25.7 Å². The maximum atomic E-state index is 13.5. The van der Waals surface area contributed by atoms with Gasteiger partial charge in [-0.3, -0.25) is 0 Å². The van der Waals surface area contributed by atoms with E-state index in [-0.39, 0.29) is 39.4 Å². The Kier molecular flexibility index (Phi) is 21.4. The lowest BCUT2D eigenvalue weighted by atomic mass is 10.2. The van der Waals surface area contributed by atoms with Gasteiger partial charge in [0.2, 0.25) is 20.0 Å². The summed E-state index contributed by atoms with van der Waals surface area (Å²) in [6, 6.07) is 29.7. The minimum absolute atomic E-state index is 0.137. The quantitative estimate of drug-likeness (QED) is 0.0572. The molecule has 60 heavy (non-hydrogen) atoms. The SMILES string of the molecule is C=CCC[C@@H](COC)S(=O)(=O)N(Cc1ccc(OC)cc1)Cc1ccc(OC)cc1.C=CCC[C@H](COC)S(=O)(=O)N(Cc1ccc(OC)cc1)Cc1ccc(OC)cc1. The van der Waals surface area contributed by atoms with Gasteiger partial charge in [-0.1, -0.05) is 60.7 Å². The summed E-state index contributed by atoms with van der Waals surface area (Å²) in [4.78, 5) is 0. The van der Waals surface area contributed by atoms with Gasteiger partial charge in [0.25, 0.3) is 0 Å². The summed E-state index contributed by atoms with van der Waals surface area (Å²) in [5.74, 6) is 2.91. The van der Waals surface area contributed by atoms with Crippen molar-refractivity contribution in [1.82, 2.24) is 8.61 Å². The maximum absolute atomic E-state index is 13.5. The molecule has 2 atom stereocenters. The molecule has 0 radical (unpaired) electrons. The molecule has 0 spiro atoms. The van der Waals surface area contributed by atoms with Crippen LogP contribution >= 0.6 is 0 Å². The van der Waals surface area contributed by atoms with Crippen molar-refractivity contribution in [3.05, 3.63) is 145 Å². The predicted molar refractivity (Wildman–Crippen MR) is 238 cm³/mol. The summed E-state index contributed by atoms with van der Waals surface area (Å²) in [5, 5.41) is -1.28. The van der Waals surface area contributed by atoms with E-state index in [1.165, 1.54) is 22.8 Å². The third-order valence-corrected chi connectivity index (χ3v) is 14.1. The summed E-state index contributed by atoms with van der Waals surface area (Å²) >= 11 is 0. The van der Waals surface area contributed by atoms with Crippen molar-refractivity contribution in [2.45, 2.75) is 62.4 Å². The Bertz CT molecular complexity index is 1810. The third kappa shape index (κ3) is 15.4. The number of benzene rings is 4. The van der Waals surface area contributed by atoms with E-state index in [4.69, 9.17) is 28.4 Å². The summed E-state index contributed by atoms with van der Waals surface area (Å²) in [6.07, 6.45) is 5.59. The molecule has 0 saturated heterocycles. The molecule has 0 heterocycles. The van der Waals surface area contributed by atoms with E-state index in [0.717, 1.165) is 45.3 Å². The minimum atomic E-state index is -3.63. The highest BCUT2D eigenvalue weighted by atomic mass is 32.2. The van der Waals surface area contributed by atoms with Crippen molar-refractivity contribution in [2.24, 2.45) is 0 Å². The summed E-state index contributed by atoms with van der Waals surface area (Å²) in [6.45, 7) is 8.73. The Balaban J connectivity index is 0.000000320. The molecule has 4 aromatic carbocycles. The van der Waals surface area contributed by atoms with Crippen LogP contribution in [-0.4, -0.2) is 91.8 Å². The van der Waals surface area contributed by atoms with Crippen molar-refractivity contribution >= 4 is 20.0 Å². The van der Waals surface area contributed by atoms with Gasteiger partial charge in [0.15, 0.2) is 0 Å². The Morgan fingerprint density at radius 3 is 0.867 bits per heavy atom. The van der Waals surface area contributed by atoms with Crippen molar-refractivity contribution in [3.63, 3.8) is 0 Å². The van der Waals surface area contributed by atoms with E-state index in [9.17, 15) is 16.8 Å². The van der Waals surface area contributed by atoms with E-state index >= 15 is 0 Å². The van der Waals surface area contributed by atoms with Crippen LogP contribution in [0.2, 0.25) is 0 Å². The Morgan fingerprint density at radius 2 is 0.683 bits per heavy atom. The van der Waals surface area contributed by atoms with E-state index < -0.39 is 30.5 Å². The van der Waals surface area contributed by atoms with Gasteiger partial charge in [-0.05, 0) is 96.5 Å². The smallest absolute Gasteiger partial charge is 0.219 e. The van der Waals surface area contributed by atoms with Gasteiger partial charge in [0.05, 0.1) is 52.2 Å². The van der Waals surface area contributed by atoms with Crippen molar-refractivity contribution < 1.29 is 45.3 Å².